The maximum Gasteiger partial charge on any atom is 0.248 e. The molecule has 0 heterocycles. The Morgan fingerprint density at radius 3 is 1.04 bits per heavy atom. The van der Waals surface area contributed by atoms with Crippen LogP contribution in [0.1, 0.15) is 103 Å². The van der Waals surface area contributed by atoms with E-state index in [2.05, 4.69) is 15.9 Å². The van der Waals surface area contributed by atoms with E-state index in [1.165, 1.54) is 108 Å². The van der Waals surface area contributed by atoms with Crippen LogP contribution in [0, 0.1) is 0 Å². The molecule has 0 bridgehead atoms. The van der Waals surface area contributed by atoms with Crippen LogP contribution in [0.4, 0.5) is 0 Å². The lowest BCUT2D eigenvalue weighted by Gasteiger charge is -2.09. The molecule has 0 rings (SSSR count). The van der Waals surface area contributed by atoms with Gasteiger partial charge in [0.05, 0.1) is 0 Å². The summed E-state index contributed by atoms with van der Waals surface area (Å²) in [7, 11) is 0. The van der Waals surface area contributed by atoms with E-state index in [0.29, 0.717) is 0 Å². The molecule has 0 aliphatic heterocycles. The van der Waals surface area contributed by atoms with Gasteiger partial charge in [-0.2, -0.15) is 0 Å². The largest absolute Gasteiger partial charge is 0.248 e. The average molecular weight is 446 g/mol. The van der Waals surface area contributed by atoms with E-state index in [1.807, 2.05) is 6.55 Å². The molecule has 0 unspecified atom stereocenters. The molecule has 0 aliphatic carbocycles. The van der Waals surface area contributed by atoms with Gasteiger partial charge < -0.3 is 0 Å². The first-order chi connectivity index (χ1) is 11.1. The highest BCUT2D eigenvalue weighted by molar-refractivity contribution is 9.09. The SMILES string of the molecule is C[Si](Cl)(Cl)CCCCCCCCCCCCCCCCCCBr. The first kappa shape index (κ1) is 24.3. The summed E-state index contributed by atoms with van der Waals surface area (Å²) in [6.45, 7) is 0.205. The number of hydrogen-bond acceptors (Lipinski definition) is 0. The van der Waals surface area contributed by atoms with Gasteiger partial charge in [-0.05, 0) is 19.0 Å². The van der Waals surface area contributed by atoms with Gasteiger partial charge >= 0.3 is 0 Å². The average Bonchev–Trinajstić information content (AvgIpc) is 2.49. The zero-order chi connectivity index (χ0) is 17.2. The van der Waals surface area contributed by atoms with Crippen molar-refractivity contribution in [3.63, 3.8) is 0 Å². The van der Waals surface area contributed by atoms with Crippen LogP contribution in [0.15, 0.2) is 0 Å². The zero-order valence-electron chi connectivity index (χ0n) is 15.4. The third-order valence-electron chi connectivity index (χ3n) is 4.50. The van der Waals surface area contributed by atoms with Crippen LogP contribution in [0.2, 0.25) is 12.6 Å². The highest BCUT2D eigenvalue weighted by Crippen LogP contribution is 2.23. The van der Waals surface area contributed by atoms with E-state index in [4.69, 9.17) is 22.2 Å². The standard InChI is InChI=1S/C19H39BrCl2Si/c1-23(21,22)19-17-15-13-11-9-7-5-3-2-4-6-8-10-12-14-16-18-20/h2-19H2,1H3. The van der Waals surface area contributed by atoms with E-state index in [0.717, 1.165) is 6.04 Å². The Labute approximate surface area is 165 Å². The summed E-state index contributed by atoms with van der Waals surface area (Å²) in [5.41, 5.74) is 0. The van der Waals surface area contributed by atoms with Crippen molar-refractivity contribution < 1.29 is 0 Å². The lowest BCUT2D eigenvalue weighted by atomic mass is 10.0. The first-order valence-corrected chi connectivity index (χ1v) is 15.9. The third-order valence-corrected chi connectivity index (χ3v) is 7.43. The Bertz CT molecular complexity index is 232. The lowest BCUT2D eigenvalue weighted by molar-refractivity contribution is 0.531. The number of unbranched alkanes of at least 4 members (excludes halogenated alkanes) is 15. The molecule has 0 aromatic rings. The van der Waals surface area contributed by atoms with Crippen molar-refractivity contribution in [1.82, 2.24) is 0 Å². The summed E-state index contributed by atoms with van der Waals surface area (Å²) in [5.74, 6) is 0. The zero-order valence-corrected chi connectivity index (χ0v) is 19.5. The predicted molar refractivity (Wildman–Crippen MR) is 116 cm³/mol. The molecule has 0 aliphatic rings. The van der Waals surface area contributed by atoms with Crippen LogP contribution in [0.3, 0.4) is 0 Å². The second kappa shape index (κ2) is 18.1. The summed E-state index contributed by atoms with van der Waals surface area (Å²) in [6, 6.07) is 1.06. The summed E-state index contributed by atoms with van der Waals surface area (Å²) < 4.78 is 0. The van der Waals surface area contributed by atoms with Crippen molar-refractivity contribution in [3.05, 3.63) is 0 Å². The molecule has 0 aromatic carbocycles. The molecule has 0 spiro atoms. The first-order valence-electron chi connectivity index (χ1n) is 10.00. The van der Waals surface area contributed by atoms with Crippen molar-refractivity contribution in [1.29, 1.82) is 0 Å². The van der Waals surface area contributed by atoms with Gasteiger partial charge in [0.25, 0.3) is 0 Å². The minimum absolute atomic E-state index is 1.06. The van der Waals surface area contributed by atoms with Crippen molar-refractivity contribution in [2.45, 2.75) is 115 Å². The van der Waals surface area contributed by atoms with Gasteiger partial charge in [0.1, 0.15) is 0 Å². The number of halogens is 3. The number of hydrogen-bond donors (Lipinski definition) is 0. The van der Waals surface area contributed by atoms with Crippen LogP contribution < -0.4 is 0 Å². The van der Waals surface area contributed by atoms with Crippen LogP contribution in [-0.4, -0.2) is 12.0 Å². The molecule has 0 radical (unpaired) electrons. The molecule has 0 aromatic heterocycles. The highest BCUT2D eigenvalue weighted by Gasteiger charge is 2.19. The van der Waals surface area contributed by atoms with Crippen LogP contribution in [0.25, 0.3) is 0 Å². The molecule has 23 heavy (non-hydrogen) atoms. The second-order valence-corrected chi connectivity index (χ2v) is 16.2. The topological polar surface area (TPSA) is 0 Å². The van der Waals surface area contributed by atoms with E-state index < -0.39 is 6.69 Å². The minimum atomic E-state index is -1.82. The van der Waals surface area contributed by atoms with E-state index in [-0.39, 0.29) is 0 Å². The fraction of sp³-hybridized carbons (Fsp3) is 1.00. The Hall–Kier alpha value is 1.28. The van der Waals surface area contributed by atoms with E-state index >= 15 is 0 Å². The van der Waals surface area contributed by atoms with E-state index in [1.54, 1.807) is 0 Å². The number of alkyl halides is 1. The number of rotatable bonds is 18. The van der Waals surface area contributed by atoms with Gasteiger partial charge in [-0.1, -0.05) is 112 Å². The van der Waals surface area contributed by atoms with Crippen LogP contribution >= 0.6 is 38.1 Å². The van der Waals surface area contributed by atoms with Gasteiger partial charge in [0.2, 0.25) is 6.69 Å². The molecular weight excluding hydrogens is 407 g/mol. The van der Waals surface area contributed by atoms with Gasteiger partial charge in [-0.3, -0.25) is 0 Å². The summed E-state index contributed by atoms with van der Waals surface area (Å²) in [5, 5.41) is 1.18. The quantitative estimate of drug-likeness (QED) is 0.0852. The van der Waals surface area contributed by atoms with Crippen LogP contribution in [-0.2, 0) is 0 Å². The van der Waals surface area contributed by atoms with Gasteiger partial charge in [0, 0.05) is 5.33 Å². The molecule has 0 N–H and O–H groups in total. The monoisotopic (exact) mass is 444 g/mol. The second-order valence-electron chi connectivity index (χ2n) is 7.17. The third kappa shape index (κ3) is 23.3. The Kier molecular flexibility index (Phi) is 19.1. The normalized spacial score (nSPS) is 12.0. The smallest absolute Gasteiger partial charge is 0.146 e. The summed E-state index contributed by atoms with van der Waals surface area (Å²) in [6.07, 6.45) is 22.5. The Morgan fingerprint density at radius 2 is 0.783 bits per heavy atom. The van der Waals surface area contributed by atoms with Gasteiger partial charge in [-0.25, -0.2) is 0 Å². The summed E-state index contributed by atoms with van der Waals surface area (Å²) >= 11 is 15.7. The maximum atomic E-state index is 6.11. The molecule has 0 nitrogen and oxygen atoms in total. The van der Waals surface area contributed by atoms with E-state index in [9.17, 15) is 0 Å². The maximum absolute atomic E-state index is 6.11. The highest BCUT2D eigenvalue weighted by atomic mass is 79.9. The van der Waals surface area contributed by atoms with Crippen molar-refractivity contribution >= 4 is 44.8 Å². The molecule has 0 saturated carbocycles. The van der Waals surface area contributed by atoms with Crippen LogP contribution in [0.5, 0.6) is 0 Å². The van der Waals surface area contributed by atoms with Gasteiger partial charge in [-0.15, -0.1) is 22.2 Å². The van der Waals surface area contributed by atoms with Crippen molar-refractivity contribution in [2.75, 3.05) is 5.33 Å². The Balaban J connectivity index is 3.00. The lowest BCUT2D eigenvalue weighted by Crippen LogP contribution is -2.11. The minimum Gasteiger partial charge on any atom is -0.146 e. The molecule has 140 valence electrons. The predicted octanol–water partition coefficient (Wildman–Crippen LogP) is 9.17. The molecule has 4 heteroatoms. The van der Waals surface area contributed by atoms with Gasteiger partial charge in [0.15, 0.2) is 0 Å². The van der Waals surface area contributed by atoms with Crippen molar-refractivity contribution in [2.24, 2.45) is 0 Å². The molecule has 0 saturated heterocycles. The molecule has 0 atom stereocenters. The fourth-order valence-corrected chi connectivity index (χ4v) is 5.07. The van der Waals surface area contributed by atoms with Crippen molar-refractivity contribution in [3.8, 4) is 0 Å². The summed E-state index contributed by atoms with van der Waals surface area (Å²) in [4.78, 5) is 0. The Morgan fingerprint density at radius 1 is 0.522 bits per heavy atom. The molecule has 0 fully saturated rings. The molecule has 0 amide bonds. The molecular formula is C19H39BrCl2Si. The fourth-order valence-electron chi connectivity index (χ4n) is 3.00.